The van der Waals surface area contributed by atoms with Gasteiger partial charge in [0.15, 0.2) is 0 Å². The minimum atomic E-state index is -0.413. The molecule has 0 spiro atoms. The third-order valence-corrected chi connectivity index (χ3v) is 4.45. The molecule has 0 radical (unpaired) electrons. The maximum atomic E-state index is 12.2. The molecule has 1 saturated carbocycles. The van der Waals surface area contributed by atoms with Crippen LogP contribution in [0, 0.1) is 19.8 Å². The highest BCUT2D eigenvalue weighted by molar-refractivity contribution is 5.76. The standard InChI is InChI=1S/C16H27N3O2/c1-12-5-4-7-16(10-12,11-20)17-15(21)6-8-19-14(3)9-13(2)18-19/h9,12,20H,4-8,10-11H2,1-3H3,(H,17,21). The van der Waals surface area contributed by atoms with Crippen molar-refractivity contribution in [3.8, 4) is 0 Å². The summed E-state index contributed by atoms with van der Waals surface area (Å²) in [6.45, 7) is 6.75. The molecule has 1 aromatic heterocycles. The lowest BCUT2D eigenvalue weighted by Gasteiger charge is -2.39. The van der Waals surface area contributed by atoms with Gasteiger partial charge in [-0.1, -0.05) is 19.8 Å². The third-order valence-electron chi connectivity index (χ3n) is 4.45. The van der Waals surface area contributed by atoms with Crippen molar-refractivity contribution < 1.29 is 9.90 Å². The quantitative estimate of drug-likeness (QED) is 0.872. The van der Waals surface area contributed by atoms with E-state index in [4.69, 9.17) is 0 Å². The van der Waals surface area contributed by atoms with Crippen LogP contribution in [0.4, 0.5) is 0 Å². The number of aryl methyl sites for hydroxylation is 3. The molecule has 5 heteroatoms. The van der Waals surface area contributed by atoms with Gasteiger partial charge in [-0.25, -0.2) is 0 Å². The van der Waals surface area contributed by atoms with Crippen molar-refractivity contribution in [1.82, 2.24) is 15.1 Å². The van der Waals surface area contributed by atoms with Crippen molar-refractivity contribution in [3.05, 3.63) is 17.5 Å². The second kappa shape index (κ2) is 6.60. The zero-order valence-corrected chi connectivity index (χ0v) is 13.4. The first-order valence-corrected chi connectivity index (χ1v) is 7.87. The van der Waals surface area contributed by atoms with Gasteiger partial charge in [-0.05, 0) is 38.7 Å². The average molecular weight is 293 g/mol. The van der Waals surface area contributed by atoms with E-state index in [0.29, 0.717) is 18.9 Å². The summed E-state index contributed by atoms with van der Waals surface area (Å²) < 4.78 is 1.87. The van der Waals surface area contributed by atoms with Crippen molar-refractivity contribution in [2.75, 3.05) is 6.61 Å². The molecular formula is C16H27N3O2. The normalized spacial score (nSPS) is 25.8. The Labute approximate surface area is 126 Å². The summed E-state index contributed by atoms with van der Waals surface area (Å²) in [7, 11) is 0. The average Bonchev–Trinajstić information content (AvgIpc) is 2.74. The van der Waals surface area contributed by atoms with Gasteiger partial charge >= 0.3 is 0 Å². The maximum absolute atomic E-state index is 12.2. The molecule has 0 bridgehead atoms. The molecule has 118 valence electrons. The fourth-order valence-corrected chi connectivity index (χ4v) is 3.42. The number of nitrogens with one attached hydrogen (secondary N) is 1. The van der Waals surface area contributed by atoms with E-state index in [1.54, 1.807) is 0 Å². The lowest BCUT2D eigenvalue weighted by Crippen LogP contribution is -2.54. The van der Waals surface area contributed by atoms with E-state index < -0.39 is 5.54 Å². The van der Waals surface area contributed by atoms with Gasteiger partial charge in [0.2, 0.25) is 5.91 Å². The van der Waals surface area contributed by atoms with Crippen LogP contribution in [0.1, 0.15) is 50.4 Å². The number of amides is 1. The molecule has 1 aliphatic rings. The Balaban J connectivity index is 1.89. The van der Waals surface area contributed by atoms with Crippen LogP contribution in [0.5, 0.6) is 0 Å². The van der Waals surface area contributed by atoms with Crippen molar-refractivity contribution >= 4 is 5.91 Å². The predicted octanol–water partition coefficient (Wildman–Crippen LogP) is 1.95. The minimum Gasteiger partial charge on any atom is -0.394 e. The number of carbonyl (C=O) groups is 1. The summed E-state index contributed by atoms with van der Waals surface area (Å²) in [5, 5.41) is 17.2. The number of aliphatic hydroxyl groups excluding tert-OH is 1. The summed E-state index contributed by atoms with van der Waals surface area (Å²) >= 11 is 0. The first-order chi connectivity index (χ1) is 9.94. The topological polar surface area (TPSA) is 67.2 Å². The van der Waals surface area contributed by atoms with Crippen LogP contribution >= 0.6 is 0 Å². The molecule has 2 atom stereocenters. The minimum absolute atomic E-state index is 0.00528. The molecule has 1 fully saturated rings. The molecule has 1 heterocycles. The molecule has 2 N–H and O–H groups in total. The van der Waals surface area contributed by atoms with Crippen molar-refractivity contribution in [3.63, 3.8) is 0 Å². The van der Waals surface area contributed by atoms with Gasteiger partial charge in [0.05, 0.1) is 17.8 Å². The van der Waals surface area contributed by atoms with Crippen LogP contribution in [-0.4, -0.2) is 32.9 Å². The van der Waals surface area contributed by atoms with E-state index in [0.717, 1.165) is 30.7 Å². The molecule has 2 rings (SSSR count). The molecule has 5 nitrogen and oxygen atoms in total. The first kappa shape index (κ1) is 16.0. The van der Waals surface area contributed by atoms with Crippen molar-refractivity contribution in [2.45, 2.75) is 65.0 Å². The zero-order valence-electron chi connectivity index (χ0n) is 13.4. The largest absolute Gasteiger partial charge is 0.394 e. The highest BCUT2D eigenvalue weighted by Crippen LogP contribution is 2.32. The van der Waals surface area contributed by atoms with Crippen LogP contribution < -0.4 is 5.32 Å². The van der Waals surface area contributed by atoms with E-state index in [2.05, 4.69) is 17.3 Å². The van der Waals surface area contributed by atoms with Gasteiger partial charge in [0.25, 0.3) is 0 Å². The van der Waals surface area contributed by atoms with Gasteiger partial charge in [0, 0.05) is 18.7 Å². The first-order valence-electron chi connectivity index (χ1n) is 7.87. The van der Waals surface area contributed by atoms with E-state index in [1.807, 2.05) is 24.6 Å². The van der Waals surface area contributed by atoms with E-state index in [9.17, 15) is 9.90 Å². The highest BCUT2D eigenvalue weighted by Gasteiger charge is 2.35. The summed E-state index contributed by atoms with van der Waals surface area (Å²) in [5.74, 6) is 0.563. The molecule has 0 aromatic carbocycles. The van der Waals surface area contributed by atoms with Crippen LogP contribution in [-0.2, 0) is 11.3 Å². The molecule has 1 aromatic rings. The summed E-state index contributed by atoms with van der Waals surface area (Å²) in [6, 6.07) is 2.01. The maximum Gasteiger partial charge on any atom is 0.222 e. The van der Waals surface area contributed by atoms with Gasteiger partial charge in [-0.2, -0.15) is 5.10 Å². The van der Waals surface area contributed by atoms with Crippen LogP contribution in [0.25, 0.3) is 0 Å². The number of hydrogen-bond acceptors (Lipinski definition) is 3. The Morgan fingerprint density at radius 3 is 2.90 bits per heavy atom. The fourth-order valence-electron chi connectivity index (χ4n) is 3.42. The Hall–Kier alpha value is -1.36. The molecule has 0 aliphatic heterocycles. The second-order valence-electron chi connectivity index (χ2n) is 6.59. The zero-order chi connectivity index (χ0) is 15.5. The van der Waals surface area contributed by atoms with Crippen LogP contribution in [0.3, 0.4) is 0 Å². The number of carbonyl (C=O) groups excluding carboxylic acids is 1. The highest BCUT2D eigenvalue weighted by atomic mass is 16.3. The van der Waals surface area contributed by atoms with Crippen LogP contribution in [0.15, 0.2) is 6.07 Å². The number of aromatic nitrogens is 2. The smallest absolute Gasteiger partial charge is 0.222 e. The Bertz CT molecular complexity index is 498. The predicted molar refractivity (Wildman–Crippen MR) is 81.9 cm³/mol. The van der Waals surface area contributed by atoms with Crippen LogP contribution in [0.2, 0.25) is 0 Å². The van der Waals surface area contributed by atoms with Crippen molar-refractivity contribution in [1.29, 1.82) is 0 Å². The Kier molecular flexibility index (Phi) is 5.04. The Morgan fingerprint density at radius 2 is 2.33 bits per heavy atom. The summed E-state index contributed by atoms with van der Waals surface area (Å²) in [4.78, 5) is 12.2. The van der Waals surface area contributed by atoms with E-state index >= 15 is 0 Å². The molecule has 2 unspecified atom stereocenters. The molecule has 1 amide bonds. The Morgan fingerprint density at radius 1 is 1.57 bits per heavy atom. The van der Waals surface area contributed by atoms with Gasteiger partial charge in [-0.15, -0.1) is 0 Å². The lowest BCUT2D eigenvalue weighted by molar-refractivity contribution is -0.124. The lowest BCUT2D eigenvalue weighted by atomic mass is 9.77. The molecule has 0 saturated heterocycles. The van der Waals surface area contributed by atoms with Gasteiger partial charge in [0.1, 0.15) is 0 Å². The SMILES string of the molecule is Cc1cc(C)n(CCC(=O)NC2(CO)CCCC(C)C2)n1. The molecule has 21 heavy (non-hydrogen) atoms. The monoisotopic (exact) mass is 293 g/mol. The number of rotatable bonds is 5. The van der Waals surface area contributed by atoms with Gasteiger partial charge < -0.3 is 10.4 Å². The summed E-state index contributed by atoms with van der Waals surface area (Å²) in [5.41, 5.74) is 1.63. The number of hydrogen-bond donors (Lipinski definition) is 2. The summed E-state index contributed by atoms with van der Waals surface area (Å²) in [6.07, 6.45) is 4.40. The fraction of sp³-hybridized carbons (Fsp3) is 0.750. The van der Waals surface area contributed by atoms with E-state index in [-0.39, 0.29) is 12.5 Å². The third kappa shape index (κ3) is 4.06. The van der Waals surface area contributed by atoms with Gasteiger partial charge in [-0.3, -0.25) is 9.48 Å². The molecule has 1 aliphatic carbocycles. The molecular weight excluding hydrogens is 266 g/mol. The van der Waals surface area contributed by atoms with E-state index in [1.165, 1.54) is 6.42 Å². The number of aliphatic hydroxyl groups is 1. The van der Waals surface area contributed by atoms with Crippen molar-refractivity contribution in [2.24, 2.45) is 5.92 Å². The number of nitrogens with zero attached hydrogens (tertiary/aromatic N) is 2. The second-order valence-corrected chi connectivity index (χ2v) is 6.59.